The van der Waals surface area contributed by atoms with Gasteiger partial charge in [-0.25, -0.2) is 9.97 Å². The highest BCUT2D eigenvalue weighted by Gasteiger charge is 1.96. The molecule has 1 aromatic heterocycles. The van der Waals surface area contributed by atoms with Crippen molar-refractivity contribution >= 4 is 11.5 Å². The predicted molar refractivity (Wildman–Crippen MR) is 48.6 cm³/mol. The minimum absolute atomic E-state index is 0.474. The van der Waals surface area contributed by atoms with E-state index in [9.17, 15) is 0 Å². The molecule has 0 bridgehead atoms. The summed E-state index contributed by atoms with van der Waals surface area (Å²) in [7, 11) is 0. The number of anilines is 2. The summed E-state index contributed by atoms with van der Waals surface area (Å²) in [5.74, 6) is 0.474. The molecule has 0 aliphatic rings. The Labute approximate surface area is 71.2 Å². The first-order chi connectivity index (χ1) is 5.84. The number of rotatable bonds is 4. The summed E-state index contributed by atoms with van der Waals surface area (Å²) in [6, 6.07) is 0. The van der Waals surface area contributed by atoms with Gasteiger partial charge >= 0.3 is 0 Å². The molecule has 0 saturated heterocycles. The zero-order valence-corrected chi connectivity index (χ0v) is 6.83. The molecular weight excluding hydrogens is 154 g/mol. The molecule has 1 rings (SSSR count). The van der Waals surface area contributed by atoms with Gasteiger partial charge in [-0.2, -0.15) is 0 Å². The SMILES string of the molecule is NCCCNc1cncnc1N. The highest BCUT2D eigenvalue weighted by atomic mass is 15.0. The van der Waals surface area contributed by atoms with Crippen molar-refractivity contribution in [3.05, 3.63) is 12.5 Å². The van der Waals surface area contributed by atoms with Gasteiger partial charge in [0.2, 0.25) is 0 Å². The van der Waals surface area contributed by atoms with Crippen LogP contribution in [0.4, 0.5) is 11.5 Å². The molecule has 0 aliphatic heterocycles. The summed E-state index contributed by atoms with van der Waals surface area (Å²) in [4.78, 5) is 7.67. The summed E-state index contributed by atoms with van der Waals surface area (Å²) >= 11 is 0. The first kappa shape index (κ1) is 8.73. The normalized spacial score (nSPS) is 9.75. The fourth-order valence-electron chi connectivity index (χ4n) is 0.800. The van der Waals surface area contributed by atoms with E-state index in [0.717, 1.165) is 18.7 Å². The molecule has 0 atom stereocenters. The van der Waals surface area contributed by atoms with E-state index >= 15 is 0 Å². The zero-order valence-electron chi connectivity index (χ0n) is 6.83. The first-order valence-corrected chi connectivity index (χ1v) is 3.84. The third kappa shape index (κ3) is 2.35. The molecule has 0 spiro atoms. The standard InChI is InChI=1S/C7H13N5/c8-2-1-3-11-6-4-10-5-12-7(6)9/h4-5,11H,1-3,8H2,(H2,9,10,12). The van der Waals surface area contributed by atoms with E-state index in [1.807, 2.05) is 0 Å². The summed E-state index contributed by atoms with van der Waals surface area (Å²) in [5, 5.41) is 3.08. The molecule has 0 aromatic carbocycles. The fraction of sp³-hybridized carbons (Fsp3) is 0.429. The maximum Gasteiger partial charge on any atom is 0.150 e. The molecule has 0 aliphatic carbocycles. The fourth-order valence-corrected chi connectivity index (χ4v) is 0.800. The van der Waals surface area contributed by atoms with Crippen LogP contribution in [-0.2, 0) is 0 Å². The summed E-state index contributed by atoms with van der Waals surface area (Å²) in [6.07, 6.45) is 3.98. The van der Waals surface area contributed by atoms with Crippen LogP contribution < -0.4 is 16.8 Å². The van der Waals surface area contributed by atoms with Crippen LogP contribution in [0.15, 0.2) is 12.5 Å². The van der Waals surface area contributed by atoms with E-state index in [0.29, 0.717) is 12.4 Å². The average Bonchev–Trinajstić information content (AvgIpc) is 2.09. The van der Waals surface area contributed by atoms with Gasteiger partial charge in [0, 0.05) is 6.54 Å². The third-order valence-corrected chi connectivity index (χ3v) is 1.44. The minimum atomic E-state index is 0.474. The summed E-state index contributed by atoms with van der Waals surface area (Å²) in [6.45, 7) is 1.47. The Morgan fingerprint density at radius 1 is 1.50 bits per heavy atom. The van der Waals surface area contributed by atoms with Crippen LogP contribution in [0.25, 0.3) is 0 Å². The van der Waals surface area contributed by atoms with Crippen LogP contribution in [0, 0.1) is 0 Å². The topological polar surface area (TPSA) is 89.8 Å². The lowest BCUT2D eigenvalue weighted by molar-refractivity contribution is 0.873. The Hall–Kier alpha value is -1.36. The van der Waals surface area contributed by atoms with Crippen molar-refractivity contribution in [3.8, 4) is 0 Å². The van der Waals surface area contributed by atoms with Gasteiger partial charge in [0.25, 0.3) is 0 Å². The molecule has 66 valence electrons. The predicted octanol–water partition coefficient (Wildman–Crippen LogP) is -0.181. The quantitative estimate of drug-likeness (QED) is 0.541. The minimum Gasteiger partial charge on any atom is -0.382 e. The Morgan fingerprint density at radius 3 is 3.00 bits per heavy atom. The molecule has 0 saturated carbocycles. The molecule has 0 radical (unpaired) electrons. The maximum absolute atomic E-state index is 5.56. The van der Waals surface area contributed by atoms with Crippen molar-refractivity contribution in [2.75, 3.05) is 24.1 Å². The van der Waals surface area contributed by atoms with E-state index in [4.69, 9.17) is 11.5 Å². The smallest absolute Gasteiger partial charge is 0.150 e. The number of aromatic nitrogens is 2. The Bertz CT molecular complexity index is 237. The molecule has 0 amide bonds. The van der Waals surface area contributed by atoms with Crippen LogP contribution >= 0.6 is 0 Å². The van der Waals surface area contributed by atoms with Crippen molar-refractivity contribution < 1.29 is 0 Å². The molecule has 0 unspecified atom stereocenters. The molecule has 12 heavy (non-hydrogen) atoms. The lowest BCUT2D eigenvalue weighted by Crippen LogP contribution is -2.10. The molecular formula is C7H13N5. The van der Waals surface area contributed by atoms with Crippen molar-refractivity contribution in [1.82, 2.24) is 9.97 Å². The third-order valence-electron chi connectivity index (χ3n) is 1.44. The van der Waals surface area contributed by atoms with Crippen molar-refractivity contribution in [1.29, 1.82) is 0 Å². The zero-order chi connectivity index (χ0) is 8.81. The average molecular weight is 167 g/mol. The van der Waals surface area contributed by atoms with Crippen molar-refractivity contribution in [2.24, 2.45) is 5.73 Å². The van der Waals surface area contributed by atoms with Gasteiger partial charge in [-0.1, -0.05) is 0 Å². The number of nitrogen functional groups attached to an aromatic ring is 1. The van der Waals surface area contributed by atoms with Gasteiger partial charge < -0.3 is 16.8 Å². The van der Waals surface area contributed by atoms with E-state index in [1.54, 1.807) is 6.20 Å². The van der Waals surface area contributed by atoms with Gasteiger partial charge in [-0.3, -0.25) is 0 Å². The van der Waals surface area contributed by atoms with Crippen LogP contribution in [-0.4, -0.2) is 23.1 Å². The van der Waals surface area contributed by atoms with E-state index in [1.165, 1.54) is 6.33 Å². The number of hydrogen-bond acceptors (Lipinski definition) is 5. The second kappa shape index (κ2) is 4.50. The molecule has 0 fully saturated rings. The monoisotopic (exact) mass is 167 g/mol. The summed E-state index contributed by atoms with van der Waals surface area (Å²) < 4.78 is 0. The van der Waals surface area contributed by atoms with Crippen LogP contribution in [0.3, 0.4) is 0 Å². The lowest BCUT2D eigenvalue weighted by Gasteiger charge is -2.05. The Morgan fingerprint density at radius 2 is 2.33 bits per heavy atom. The number of nitrogens with two attached hydrogens (primary N) is 2. The molecule has 1 heterocycles. The van der Waals surface area contributed by atoms with Crippen LogP contribution in [0.1, 0.15) is 6.42 Å². The van der Waals surface area contributed by atoms with E-state index < -0.39 is 0 Å². The van der Waals surface area contributed by atoms with E-state index in [2.05, 4.69) is 15.3 Å². The van der Waals surface area contributed by atoms with Crippen molar-refractivity contribution in [2.45, 2.75) is 6.42 Å². The molecule has 5 N–H and O–H groups in total. The molecule has 5 nitrogen and oxygen atoms in total. The largest absolute Gasteiger partial charge is 0.382 e. The first-order valence-electron chi connectivity index (χ1n) is 3.84. The van der Waals surface area contributed by atoms with Crippen LogP contribution in [0.2, 0.25) is 0 Å². The Balaban J connectivity index is 2.46. The molecule has 5 heteroatoms. The van der Waals surface area contributed by atoms with Crippen LogP contribution in [0.5, 0.6) is 0 Å². The van der Waals surface area contributed by atoms with Crippen molar-refractivity contribution in [3.63, 3.8) is 0 Å². The summed E-state index contributed by atoms with van der Waals surface area (Å²) in [5.41, 5.74) is 11.7. The second-order valence-corrected chi connectivity index (χ2v) is 2.39. The number of hydrogen-bond donors (Lipinski definition) is 3. The number of nitrogens with zero attached hydrogens (tertiary/aromatic N) is 2. The Kier molecular flexibility index (Phi) is 3.28. The van der Waals surface area contributed by atoms with Gasteiger partial charge in [-0.15, -0.1) is 0 Å². The van der Waals surface area contributed by atoms with Gasteiger partial charge in [0.15, 0.2) is 0 Å². The highest BCUT2D eigenvalue weighted by molar-refractivity contribution is 5.59. The van der Waals surface area contributed by atoms with Gasteiger partial charge in [0.1, 0.15) is 12.1 Å². The van der Waals surface area contributed by atoms with Gasteiger partial charge in [-0.05, 0) is 13.0 Å². The van der Waals surface area contributed by atoms with E-state index in [-0.39, 0.29) is 0 Å². The lowest BCUT2D eigenvalue weighted by atomic mass is 10.4. The maximum atomic E-state index is 5.56. The highest BCUT2D eigenvalue weighted by Crippen LogP contribution is 2.10. The van der Waals surface area contributed by atoms with Gasteiger partial charge in [0.05, 0.1) is 11.9 Å². The second-order valence-electron chi connectivity index (χ2n) is 2.39. The molecule has 1 aromatic rings. The number of nitrogens with one attached hydrogen (secondary N) is 1.